The third-order valence-corrected chi connectivity index (χ3v) is 4.70. The monoisotopic (exact) mass is 344 g/mol. The van der Waals surface area contributed by atoms with Crippen molar-refractivity contribution in [3.8, 4) is 11.5 Å². The van der Waals surface area contributed by atoms with Crippen molar-refractivity contribution in [3.63, 3.8) is 0 Å². The van der Waals surface area contributed by atoms with E-state index in [4.69, 9.17) is 4.42 Å². The summed E-state index contributed by atoms with van der Waals surface area (Å²) >= 11 is 2.38. The van der Waals surface area contributed by atoms with Crippen LogP contribution in [0.1, 0.15) is 22.3 Å². The van der Waals surface area contributed by atoms with Crippen LogP contribution in [0.5, 0.6) is 0 Å². The fraction of sp³-hybridized carbons (Fsp3) is 0.118. The molecule has 6 heteroatoms. The summed E-state index contributed by atoms with van der Waals surface area (Å²) in [5.74, 6) is 1.25. The van der Waals surface area contributed by atoms with Crippen LogP contribution < -0.4 is 0 Å². The maximum absolute atomic E-state index is 10.9. The van der Waals surface area contributed by atoms with Crippen LogP contribution in [0.3, 0.4) is 0 Å². The molecule has 0 spiro atoms. The fourth-order valence-corrected chi connectivity index (χ4v) is 3.06. The van der Waals surface area contributed by atoms with Crippen LogP contribution in [0, 0.1) is 6.92 Å². The van der Waals surface area contributed by atoms with Gasteiger partial charge in [-0.15, -0.1) is 0 Å². The first kappa shape index (κ1) is 16.0. The number of aromatic nitrogens is 1. The second-order valence-corrected chi connectivity index (χ2v) is 6.49. The molecule has 0 aliphatic heterocycles. The zero-order chi connectivity index (χ0) is 16.4. The summed E-state index contributed by atoms with van der Waals surface area (Å²) in [4.78, 5) is 4.80. The van der Waals surface area contributed by atoms with Gasteiger partial charge in [0.05, 0.1) is 10.9 Å². The van der Waals surface area contributed by atoms with Gasteiger partial charge in [0, 0.05) is 10.5 Å². The van der Waals surface area contributed by atoms with Crippen LogP contribution in [-0.4, -0.2) is 13.7 Å². The maximum Gasteiger partial charge on any atom is 0.226 e. The zero-order valence-corrected chi connectivity index (χ0v) is 14.0. The Labute approximate surface area is 142 Å². The molecule has 0 N–H and O–H groups in total. The number of thiol groups is 1. The van der Waals surface area contributed by atoms with Gasteiger partial charge in [0.2, 0.25) is 5.89 Å². The number of rotatable bonds is 4. The van der Waals surface area contributed by atoms with Crippen LogP contribution in [-0.2, 0) is 11.1 Å². The Balaban J connectivity index is 1.92. The van der Waals surface area contributed by atoms with Crippen LogP contribution in [0.4, 0.5) is 0 Å². The molecule has 1 aromatic heterocycles. The molecule has 0 fully saturated rings. The summed E-state index contributed by atoms with van der Waals surface area (Å²) in [5, 5.41) is -0.287. The average Bonchev–Trinajstić information content (AvgIpc) is 2.97. The number of aryl methyl sites for hydroxylation is 1. The standard InChI is InChI=1S/C17H15NO3S2/c1-11-15(18-17(21-11)13-5-3-2-4-6-13)16(22)12-7-9-14(10-8-12)23(19)20/h2-10,16,22H,1H3,(H,19,20)/p-1/t16-/m1/s1. The molecular weight excluding hydrogens is 330 g/mol. The summed E-state index contributed by atoms with van der Waals surface area (Å²) in [6.45, 7) is 1.85. The summed E-state index contributed by atoms with van der Waals surface area (Å²) in [6.07, 6.45) is 0. The smallest absolute Gasteiger partial charge is 0.226 e. The molecule has 0 aliphatic rings. The topological polar surface area (TPSA) is 66.2 Å². The van der Waals surface area contributed by atoms with Gasteiger partial charge in [0.1, 0.15) is 5.76 Å². The lowest BCUT2D eigenvalue weighted by Gasteiger charge is -2.11. The van der Waals surface area contributed by atoms with Crippen LogP contribution >= 0.6 is 12.6 Å². The summed E-state index contributed by atoms with van der Waals surface area (Å²) < 4.78 is 27.6. The number of nitrogens with zero attached hydrogens (tertiary/aromatic N) is 1. The van der Waals surface area contributed by atoms with Crippen LogP contribution in [0.15, 0.2) is 63.9 Å². The lowest BCUT2D eigenvalue weighted by molar-refractivity contribution is 0.536. The minimum Gasteiger partial charge on any atom is -0.768 e. The van der Waals surface area contributed by atoms with Crippen molar-refractivity contribution in [2.45, 2.75) is 17.1 Å². The van der Waals surface area contributed by atoms with Gasteiger partial charge >= 0.3 is 0 Å². The minimum absolute atomic E-state index is 0.246. The molecule has 2 atom stereocenters. The molecule has 0 saturated heterocycles. The predicted octanol–water partition coefficient (Wildman–Crippen LogP) is 3.91. The van der Waals surface area contributed by atoms with Crippen molar-refractivity contribution >= 4 is 23.7 Å². The van der Waals surface area contributed by atoms with Crippen molar-refractivity contribution in [3.05, 3.63) is 71.6 Å². The van der Waals surface area contributed by atoms with E-state index >= 15 is 0 Å². The number of hydrogen-bond acceptors (Lipinski definition) is 5. The van der Waals surface area contributed by atoms with Crippen molar-refractivity contribution in [1.82, 2.24) is 4.98 Å². The van der Waals surface area contributed by atoms with E-state index in [1.54, 1.807) is 24.3 Å². The van der Waals surface area contributed by atoms with E-state index in [9.17, 15) is 8.76 Å². The molecule has 2 aromatic carbocycles. The molecule has 4 nitrogen and oxygen atoms in total. The molecule has 23 heavy (non-hydrogen) atoms. The summed E-state index contributed by atoms with van der Waals surface area (Å²) in [6, 6.07) is 16.2. The zero-order valence-electron chi connectivity index (χ0n) is 12.3. The molecule has 0 bridgehead atoms. The van der Waals surface area contributed by atoms with Gasteiger partial charge in [-0.05, 0) is 47.8 Å². The number of oxazole rings is 1. The van der Waals surface area contributed by atoms with E-state index in [1.807, 2.05) is 37.3 Å². The van der Waals surface area contributed by atoms with Gasteiger partial charge in [-0.3, -0.25) is 4.21 Å². The van der Waals surface area contributed by atoms with Crippen molar-refractivity contribution in [2.24, 2.45) is 0 Å². The fourth-order valence-electron chi connectivity index (χ4n) is 2.29. The quantitative estimate of drug-likeness (QED) is 0.576. The first-order valence-electron chi connectivity index (χ1n) is 6.96. The Hall–Kier alpha value is -1.89. The summed E-state index contributed by atoms with van der Waals surface area (Å²) in [5.41, 5.74) is 2.49. The molecule has 3 rings (SSSR count). The van der Waals surface area contributed by atoms with E-state index in [-0.39, 0.29) is 10.1 Å². The Bertz CT molecular complexity index is 829. The molecule has 1 unspecified atom stereocenters. The third kappa shape index (κ3) is 3.39. The second kappa shape index (κ2) is 6.70. The SMILES string of the molecule is Cc1oc(-c2ccccc2)nc1[C@H](S)c1ccc(S(=O)[O-])cc1. The minimum atomic E-state index is -2.23. The highest BCUT2D eigenvalue weighted by molar-refractivity contribution is 7.80. The molecule has 0 amide bonds. The van der Waals surface area contributed by atoms with Gasteiger partial charge in [0.25, 0.3) is 0 Å². The van der Waals surface area contributed by atoms with Gasteiger partial charge in [-0.2, -0.15) is 12.6 Å². The van der Waals surface area contributed by atoms with E-state index in [0.29, 0.717) is 11.7 Å². The lowest BCUT2D eigenvalue weighted by atomic mass is 10.1. The molecule has 0 radical (unpaired) electrons. The van der Waals surface area contributed by atoms with Gasteiger partial charge < -0.3 is 8.97 Å². The highest BCUT2D eigenvalue weighted by Crippen LogP contribution is 2.33. The van der Waals surface area contributed by atoms with E-state index < -0.39 is 11.1 Å². The summed E-state index contributed by atoms with van der Waals surface area (Å²) in [7, 11) is 0. The highest BCUT2D eigenvalue weighted by atomic mass is 32.2. The first-order valence-corrected chi connectivity index (χ1v) is 8.55. The van der Waals surface area contributed by atoms with Crippen molar-refractivity contribution in [1.29, 1.82) is 0 Å². The third-order valence-electron chi connectivity index (χ3n) is 3.50. The average molecular weight is 344 g/mol. The number of benzene rings is 2. The Morgan fingerprint density at radius 3 is 2.39 bits per heavy atom. The van der Waals surface area contributed by atoms with Gasteiger partial charge in [-0.25, -0.2) is 4.98 Å². The predicted molar refractivity (Wildman–Crippen MR) is 91.1 cm³/mol. The van der Waals surface area contributed by atoms with Crippen molar-refractivity contribution in [2.75, 3.05) is 0 Å². The van der Waals surface area contributed by atoms with Crippen molar-refractivity contribution < 1.29 is 13.2 Å². The van der Waals surface area contributed by atoms with E-state index in [2.05, 4.69) is 17.6 Å². The largest absolute Gasteiger partial charge is 0.768 e. The molecule has 0 aliphatic carbocycles. The molecule has 3 aromatic rings. The van der Waals surface area contributed by atoms with Gasteiger partial charge in [0.15, 0.2) is 0 Å². The highest BCUT2D eigenvalue weighted by Gasteiger charge is 2.19. The normalized spacial score (nSPS) is 13.7. The molecule has 0 saturated carbocycles. The Kier molecular flexibility index (Phi) is 4.66. The van der Waals surface area contributed by atoms with E-state index in [0.717, 1.165) is 16.8 Å². The number of hydrogen-bond donors (Lipinski definition) is 1. The van der Waals surface area contributed by atoms with Crippen LogP contribution in [0.25, 0.3) is 11.5 Å². The second-order valence-electron chi connectivity index (χ2n) is 5.03. The van der Waals surface area contributed by atoms with Gasteiger partial charge in [-0.1, -0.05) is 30.3 Å². The maximum atomic E-state index is 10.9. The Morgan fingerprint density at radius 2 is 1.78 bits per heavy atom. The molecular formula is C17H14NO3S2-. The molecule has 118 valence electrons. The van der Waals surface area contributed by atoms with E-state index in [1.165, 1.54) is 0 Å². The first-order chi connectivity index (χ1) is 11.1. The Morgan fingerprint density at radius 1 is 1.13 bits per heavy atom. The molecule has 1 heterocycles. The lowest BCUT2D eigenvalue weighted by Crippen LogP contribution is -1.97. The van der Waals surface area contributed by atoms with Crippen LogP contribution in [0.2, 0.25) is 0 Å².